The Bertz CT molecular complexity index is 303. The zero-order chi connectivity index (χ0) is 12.0. The highest BCUT2D eigenvalue weighted by molar-refractivity contribution is 5.18. The van der Waals surface area contributed by atoms with Crippen molar-refractivity contribution in [3.63, 3.8) is 0 Å². The molecule has 1 fully saturated rings. The Kier molecular flexibility index (Phi) is 2.94. The lowest BCUT2D eigenvalue weighted by molar-refractivity contribution is -0.0509. The van der Waals surface area contributed by atoms with E-state index in [0.717, 1.165) is 5.92 Å². The van der Waals surface area contributed by atoms with Crippen LogP contribution in [-0.2, 0) is 0 Å². The molecule has 0 saturated heterocycles. The summed E-state index contributed by atoms with van der Waals surface area (Å²) in [5, 5.41) is 9.69. The van der Waals surface area contributed by atoms with Gasteiger partial charge in [0.05, 0.1) is 6.61 Å². The van der Waals surface area contributed by atoms with Gasteiger partial charge in [0, 0.05) is 5.92 Å². The first-order valence-electron chi connectivity index (χ1n) is 6.69. The van der Waals surface area contributed by atoms with Crippen LogP contribution in [-0.4, -0.2) is 11.7 Å². The van der Waals surface area contributed by atoms with E-state index in [4.69, 9.17) is 0 Å². The molecule has 0 heterocycles. The molecule has 1 N–H and O–H groups in total. The molecule has 0 spiro atoms. The van der Waals surface area contributed by atoms with Crippen LogP contribution < -0.4 is 0 Å². The lowest BCUT2D eigenvalue weighted by atomic mass is 9.49. The fourth-order valence-electron chi connectivity index (χ4n) is 4.49. The molecule has 2 aliphatic rings. The van der Waals surface area contributed by atoms with Crippen molar-refractivity contribution in [1.82, 2.24) is 0 Å². The summed E-state index contributed by atoms with van der Waals surface area (Å²) in [6, 6.07) is 0. The topological polar surface area (TPSA) is 20.2 Å². The quantitative estimate of drug-likeness (QED) is 0.669. The van der Waals surface area contributed by atoms with Crippen LogP contribution in [0.3, 0.4) is 0 Å². The van der Waals surface area contributed by atoms with E-state index in [2.05, 4.69) is 33.8 Å². The molecule has 0 aliphatic heterocycles. The van der Waals surface area contributed by atoms with Crippen molar-refractivity contribution in [2.75, 3.05) is 6.61 Å². The maximum Gasteiger partial charge on any atom is 0.0501 e. The van der Waals surface area contributed by atoms with Crippen molar-refractivity contribution in [2.45, 2.75) is 53.4 Å². The molecule has 0 unspecified atom stereocenters. The summed E-state index contributed by atoms with van der Waals surface area (Å²) in [4.78, 5) is 0. The summed E-state index contributed by atoms with van der Waals surface area (Å²) in [6.45, 7) is 9.77. The molecule has 0 amide bonds. The predicted octanol–water partition coefficient (Wildman–Crippen LogP) is 3.78. The fourth-order valence-corrected chi connectivity index (χ4v) is 4.49. The van der Waals surface area contributed by atoms with Gasteiger partial charge in [0.25, 0.3) is 0 Å². The van der Waals surface area contributed by atoms with E-state index < -0.39 is 0 Å². The highest BCUT2D eigenvalue weighted by atomic mass is 16.3. The summed E-state index contributed by atoms with van der Waals surface area (Å²) in [7, 11) is 0. The summed E-state index contributed by atoms with van der Waals surface area (Å²) in [6.07, 6.45) is 7.55. The Balaban J connectivity index is 2.39. The Labute approximate surface area is 99.9 Å². The minimum Gasteiger partial charge on any atom is -0.396 e. The van der Waals surface area contributed by atoms with Gasteiger partial charge in [-0.15, -0.1) is 0 Å². The number of aliphatic hydroxyl groups excluding tert-OH is 1. The van der Waals surface area contributed by atoms with Gasteiger partial charge in [0.15, 0.2) is 0 Å². The molecule has 0 aromatic heterocycles. The minimum atomic E-state index is 0.325. The van der Waals surface area contributed by atoms with Gasteiger partial charge in [0.1, 0.15) is 0 Å². The number of aliphatic hydroxyl groups is 1. The lowest BCUT2D eigenvalue weighted by Gasteiger charge is -2.56. The van der Waals surface area contributed by atoms with E-state index in [1.54, 1.807) is 0 Å². The van der Waals surface area contributed by atoms with Crippen LogP contribution in [0.15, 0.2) is 11.6 Å². The number of allylic oxidation sites excluding steroid dienone is 1. The molecule has 1 nitrogen and oxygen atoms in total. The van der Waals surface area contributed by atoms with Gasteiger partial charge in [-0.1, -0.05) is 38.8 Å². The number of hydrogen-bond donors (Lipinski definition) is 1. The van der Waals surface area contributed by atoms with E-state index in [-0.39, 0.29) is 0 Å². The fraction of sp³-hybridized carbons (Fsp3) is 0.867. The zero-order valence-corrected chi connectivity index (χ0v) is 11.2. The first-order chi connectivity index (χ1) is 7.42. The molecule has 0 radical (unpaired) electrons. The average molecular weight is 222 g/mol. The SMILES string of the molecule is CC1=CC[C@H]2C(C)(C)CCC[C@@]2(C)[C@@H]1CO. The molecular formula is C15H26O. The highest BCUT2D eigenvalue weighted by Gasteiger charge is 2.51. The maximum absolute atomic E-state index is 9.69. The summed E-state index contributed by atoms with van der Waals surface area (Å²) in [5.41, 5.74) is 2.19. The first-order valence-corrected chi connectivity index (χ1v) is 6.69. The van der Waals surface area contributed by atoms with Gasteiger partial charge in [-0.2, -0.15) is 0 Å². The second-order valence-corrected chi connectivity index (χ2v) is 6.82. The smallest absolute Gasteiger partial charge is 0.0501 e. The average Bonchev–Trinajstić information content (AvgIpc) is 2.15. The molecule has 0 aromatic carbocycles. The van der Waals surface area contributed by atoms with Crippen molar-refractivity contribution in [1.29, 1.82) is 0 Å². The van der Waals surface area contributed by atoms with E-state index in [9.17, 15) is 5.11 Å². The van der Waals surface area contributed by atoms with Crippen LogP contribution in [0.1, 0.15) is 53.4 Å². The molecule has 1 saturated carbocycles. The van der Waals surface area contributed by atoms with Crippen molar-refractivity contribution in [3.05, 3.63) is 11.6 Å². The van der Waals surface area contributed by atoms with Crippen molar-refractivity contribution < 1.29 is 5.11 Å². The minimum absolute atomic E-state index is 0.325. The van der Waals surface area contributed by atoms with Crippen molar-refractivity contribution in [2.24, 2.45) is 22.7 Å². The standard InChI is InChI=1S/C15H26O/c1-11-6-7-13-14(2,3)8-5-9-15(13,4)12(11)10-16/h6,12-13,16H,5,7-10H2,1-4H3/t12-,13+,15+/m1/s1. The van der Waals surface area contributed by atoms with E-state index in [1.165, 1.54) is 31.3 Å². The zero-order valence-electron chi connectivity index (χ0n) is 11.2. The van der Waals surface area contributed by atoms with E-state index in [1.807, 2.05) is 0 Å². The number of hydrogen-bond acceptors (Lipinski definition) is 1. The summed E-state index contributed by atoms with van der Waals surface area (Å²) in [5.74, 6) is 1.14. The van der Waals surface area contributed by atoms with Crippen LogP contribution in [0.2, 0.25) is 0 Å². The van der Waals surface area contributed by atoms with Crippen LogP contribution in [0.5, 0.6) is 0 Å². The third-order valence-corrected chi connectivity index (χ3v) is 5.48. The second-order valence-electron chi connectivity index (χ2n) is 6.82. The molecular weight excluding hydrogens is 196 g/mol. The molecule has 2 rings (SSSR count). The van der Waals surface area contributed by atoms with Gasteiger partial charge >= 0.3 is 0 Å². The molecule has 2 aliphatic carbocycles. The normalized spacial score (nSPS) is 42.4. The Morgan fingerprint density at radius 2 is 2.00 bits per heavy atom. The lowest BCUT2D eigenvalue weighted by Crippen LogP contribution is -2.49. The van der Waals surface area contributed by atoms with Crippen LogP contribution in [0, 0.1) is 22.7 Å². The Morgan fingerprint density at radius 1 is 1.31 bits per heavy atom. The van der Waals surface area contributed by atoms with Crippen LogP contribution in [0.25, 0.3) is 0 Å². The monoisotopic (exact) mass is 222 g/mol. The largest absolute Gasteiger partial charge is 0.396 e. The molecule has 0 aromatic rings. The maximum atomic E-state index is 9.69. The molecule has 3 atom stereocenters. The summed E-state index contributed by atoms with van der Waals surface area (Å²) >= 11 is 0. The molecule has 0 bridgehead atoms. The highest BCUT2D eigenvalue weighted by Crippen LogP contribution is 2.59. The van der Waals surface area contributed by atoms with Gasteiger partial charge in [-0.05, 0) is 42.9 Å². The Morgan fingerprint density at radius 3 is 2.62 bits per heavy atom. The molecule has 16 heavy (non-hydrogen) atoms. The van der Waals surface area contributed by atoms with E-state index >= 15 is 0 Å². The Hall–Kier alpha value is -0.300. The third-order valence-electron chi connectivity index (χ3n) is 5.48. The number of fused-ring (bicyclic) bond motifs is 1. The predicted molar refractivity (Wildman–Crippen MR) is 68.2 cm³/mol. The first kappa shape index (κ1) is 12.2. The van der Waals surface area contributed by atoms with Crippen molar-refractivity contribution in [3.8, 4) is 0 Å². The van der Waals surface area contributed by atoms with E-state index in [0.29, 0.717) is 23.4 Å². The second kappa shape index (κ2) is 3.87. The third kappa shape index (κ3) is 1.64. The van der Waals surface area contributed by atoms with Crippen LogP contribution in [0.4, 0.5) is 0 Å². The van der Waals surface area contributed by atoms with Gasteiger partial charge < -0.3 is 5.11 Å². The molecule has 1 heteroatoms. The van der Waals surface area contributed by atoms with Gasteiger partial charge in [0.2, 0.25) is 0 Å². The number of rotatable bonds is 1. The van der Waals surface area contributed by atoms with Crippen LogP contribution >= 0.6 is 0 Å². The van der Waals surface area contributed by atoms with Gasteiger partial charge in [-0.25, -0.2) is 0 Å². The molecule has 92 valence electrons. The van der Waals surface area contributed by atoms with Gasteiger partial charge in [-0.3, -0.25) is 0 Å². The summed E-state index contributed by atoms with van der Waals surface area (Å²) < 4.78 is 0. The van der Waals surface area contributed by atoms with Crippen molar-refractivity contribution >= 4 is 0 Å².